The summed E-state index contributed by atoms with van der Waals surface area (Å²) in [6.45, 7) is 2.81. The van der Waals surface area contributed by atoms with Gasteiger partial charge in [-0.2, -0.15) is 0 Å². The van der Waals surface area contributed by atoms with Gasteiger partial charge in [-0.15, -0.1) is 0 Å². The molecule has 6 nitrogen and oxygen atoms in total. The normalized spacial score (nSPS) is 31.9. The Morgan fingerprint density at radius 2 is 2.07 bits per heavy atom. The predicted octanol–water partition coefficient (Wildman–Crippen LogP) is 2.67. The molecule has 2 bridgehead atoms. The Labute approximate surface area is 168 Å². The zero-order valence-corrected chi connectivity index (χ0v) is 16.5. The molecule has 1 aromatic carbocycles. The maximum Gasteiger partial charge on any atom is 0.325 e. The predicted molar refractivity (Wildman–Crippen MR) is 100 cm³/mol. The van der Waals surface area contributed by atoms with Crippen molar-refractivity contribution in [1.82, 2.24) is 15.5 Å². The van der Waals surface area contributed by atoms with Crippen LogP contribution in [0.3, 0.4) is 0 Å². The average Bonchev–Trinajstić information content (AvgIpc) is 3.35. The van der Waals surface area contributed by atoms with Crippen LogP contribution in [0, 0.1) is 29.4 Å². The SMILES string of the molecule is CC(NC(=O)CN1C(=O)NC(C)(c2cc(F)ccc2F)C1=O)C1CC2CCC1C2. The summed E-state index contributed by atoms with van der Waals surface area (Å²) in [5.41, 5.74) is -2.03. The van der Waals surface area contributed by atoms with Crippen molar-refractivity contribution < 1.29 is 23.2 Å². The largest absolute Gasteiger partial charge is 0.352 e. The quantitative estimate of drug-likeness (QED) is 0.740. The number of amides is 4. The molecule has 1 saturated heterocycles. The molecule has 3 fully saturated rings. The molecule has 2 aliphatic carbocycles. The summed E-state index contributed by atoms with van der Waals surface area (Å²) in [6, 6.07) is 1.89. The number of urea groups is 1. The second-order valence-corrected chi connectivity index (χ2v) is 8.77. The van der Waals surface area contributed by atoms with Crippen LogP contribution in [0.1, 0.15) is 45.1 Å². The molecule has 0 aromatic heterocycles. The van der Waals surface area contributed by atoms with Crippen molar-refractivity contribution in [3.63, 3.8) is 0 Å². The average molecular weight is 405 g/mol. The van der Waals surface area contributed by atoms with Crippen LogP contribution in [0.4, 0.5) is 13.6 Å². The third kappa shape index (κ3) is 3.38. The van der Waals surface area contributed by atoms with Crippen molar-refractivity contribution in [3.8, 4) is 0 Å². The molecule has 5 atom stereocenters. The van der Waals surface area contributed by atoms with Gasteiger partial charge in [-0.25, -0.2) is 13.6 Å². The van der Waals surface area contributed by atoms with Gasteiger partial charge in [-0.1, -0.05) is 6.42 Å². The molecule has 0 spiro atoms. The molecule has 156 valence electrons. The lowest BCUT2D eigenvalue weighted by molar-refractivity contribution is -0.135. The summed E-state index contributed by atoms with van der Waals surface area (Å²) in [5.74, 6) is -0.947. The van der Waals surface area contributed by atoms with Crippen LogP contribution in [0.2, 0.25) is 0 Å². The highest BCUT2D eigenvalue weighted by Gasteiger charge is 2.51. The lowest BCUT2D eigenvalue weighted by atomic mass is 9.84. The van der Waals surface area contributed by atoms with Crippen LogP contribution in [0.5, 0.6) is 0 Å². The van der Waals surface area contributed by atoms with Gasteiger partial charge in [0.2, 0.25) is 5.91 Å². The van der Waals surface area contributed by atoms with Gasteiger partial charge < -0.3 is 10.6 Å². The minimum atomic E-state index is -1.76. The highest BCUT2D eigenvalue weighted by Crippen LogP contribution is 2.49. The summed E-state index contributed by atoms with van der Waals surface area (Å²) in [4.78, 5) is 38.5. The molecule has 0 radical (unpaired) electrons. The molecule has 29 heavy (non-hydrogen) atoms. The molecule has 1 heterocycles. The third-order valence-electron chi connectivity index (χ3n) is 6.87. The fourth-order valence-electron chi connectivity index (χ4n) is 5.36. The van der Waals surface area contributed by atoms with Crippen molar-refractivity contribution >= 4 is 17.8 Å². The first kappa shape index (κ1) is 19.8. The van der Waals surface area contributed by atoms with Gasteiger partial charge in [0.15, 0.2) is 0 Å². The molecule has 2 N–H and O–H groups in total. The van der Waals surface area contributed by atoms with Crippen molar-refractivity contribution in [2.45, 2.75) is 51.1 Å². The van der Waals surface area contributed by atoms with Crippen LogP contribution in [-0.4, -0.2) is 35.3 Å². The first-order chi connectivity index (χ1) is 13.7. The second-order valence-electron chi connectivity index (χ2n) is 8.77. The Balaban J connectivity index is 1.44. The summed E-state index contributed by atoms with van der Waals surface area (Å²) in [6.07, 6.45) is 4.78. The summed E-state index contributed by atoms with van der Waals surface area (Å²) in [7, 11) is 0. The smallest absolute Gasteiger partial charge is 0.325 e. The first-order valence-corrected chi connectivity index (χ1v) is 10.1. The third-order valence-corrected chi connectivity index (χ3v) is 6.87. The highest BCUT2D eigenvalue weighted by atomic mass is 19.1. The molecule has 2 saturated carbocycles. The monoisotopic (exact) mass is 405 g/mol. The molecule has 1 aromatic rings. The van der Waals surface area contributed by atoms with Crippen LogP contribution >= 0.6 is 0 Å². The van der Waals surface area contributed by atoms with E-state index in [9.17, 15) is 23.2 Å². The number of carbonyl (C=O) groups is 3. The molecule has 4 rings (SSSR count). The molecular weight excluding hydrogens is 380 g/mol. The lowest BCUT2D eigenvalue weighted by Crippen LogP contribution is -2.47. The van der Waals surface area contributed by atoms with Gasteiger partial charge >= 0.3 is 6.03 Å². The van der Waals surface area contributed by atoms with Crippen LogP contribution < -0.4 is 10.6 Å². The van der Waals surface area contributed by atoms with Gasteiger partial charge in [0.25, 0.3) is 5.91 Å². The Morgan fingerprint density at radius 1 is 1.31 bits per heavy atom. The van der Waals surface area contributed by atoms with Gasteiger partial charge in [-0.3, -0.25) is 14.5 Å². The molecule has 3 aliphatic rings. The van der Waals surface area contributed by atoms with E-state index in [0.29, 0.717) is 11.8 Å². The summed E-state index contributed by atoms with van der Waals surface area (Å²) in [5, 5.41) is 5.32. The van der Waals surface area contributed by atoms with Gasteiger partial charge in [0, 0.05) is 11.6 Å². The molecular formula is C21H25F2N3O3. The van der Waals surface area contributed by atoms with E-state index in [4.69, 9.17) is 0 Å². The number of fused-ring (bicyclic) bond motifs is 2. The van der Waals surface area contributed by atoms with Crippen molar-refractivity contribution in [3.05, 3.63) is 35.4 Å². The maximum atomic E-state index is 14.2. The van der Waals surface area contributed by atoms with Crippen LogP contribution in [-0.2, 0) is 15.1 Å². The van der Waals surface area contributed by atoms with E-state index in [-0.39, 0.29) is 11.6 Å². The van der Waals surface area contributed by atoms with E-state index in [1.807, 2.05) is 6.92 Å². The number of halogens is 2. The van der Waals surface area contributed by atoms with Crippen LogP contribution in [0.25, 0.3) is 0 Å². The first-order valence-electron chi connectivity index (χ1n) is 10.1. The molecule has 4 amide bonds. The standard InChI is InChI=1S/C21H25F2N3O3/c1-11(15-8-12-3-4-13(15)7-12)24-18(27)10-26-19(28)21(2,25-20(26)29)16-9-14(22)5-6-17(16)23/h5-6,9,11-13,15H,3-4,7-8,10H2,1-2H3,(H,24,27)(H,25,29). The summed E-state index contributed by atoms with van der Waals surface area (Å²) >= 11 is 0. The topological polar surface area (TPSA) is 78.5 Å². The number of imide groups is 1. The summed E-state index contributed by atoms with van der Waals surface area (Å²) < 4.78 is 27.8. The van der Waals surface area contributed by atoms with E-state index in [1.165, 1.54) is 26.2 Å². The second kappa shape index (κ2) is 7.07. The zero-order chi connectivity index (χ0) is 20.9. The molecule has 1 aliphatic heterocycles. The number of benzene rings is 1. The van der Waals surface area contributed by atoms with E-state index in [0.717, 1.165) is 35.4 Å². The zero-order valence-electron chi connectivity index (χ0n) is 16.5. The number of hydrogen-bond donors (Lipinski definition) is 2. The van der Waals surface area contributed by atoms with E-state index >= 15 is 0 Å². The number of hydrogen-bond acceptors (Lipinski definition) is 3. The van der Waals surface area contributed by atoms with Gasteiger partial charge in [0.05, 0.1) is 0 Å². The number of nitrogens with zero attached hydrogens (tertiary/aromatic N) is 1. The Kier molecular flexibility index (Phi) is 4.83. The van der Waals surface area contributed by atoms with Crippen LogP contribution in [0.15, 0.2) is 18.2 Å². The van der Waals surface area contributed by atoms with E-state index in [1.54, 1.807) is 0 Å². The molecule has 5 unspecified atom stereocenters. The lowest BCUT2D eigenvalue weighted by Gasteiger charge is -2.29. The van der Waals surface area contributed by atoms with E-state index in [2.05, 4.69) is 10.6 Å². The van der Waals surface area contributed by atoms with Gasteiger partial charge in [0.1, 0.15) is 23.7 Å². The van der Waals surface area contributed by atoms with E-state index < -0.39 is 41.6 Å². The van der Waals surface area contributed by atoms with Crippen molar-refractivity contribution in [1.29, 1.82) is 0 Å². The Morgan fingerprint density at radius 3 is 2.72 bits per heavy atom. The van der Waals surface area contributed by atoms with Gasteiger partial charge in [-0.05, 0) is 69.1 Å². The minimum absolute atomic E-state index is 0.0365. The highest BCUT2D eigenvalue weighted by molar-refractivity contribution is 6.09. The minimum Gasteiger partial charge on any atom is -0.352 e. The number of carbonyl (C=O) groups excluding carboxylic acids is 3. The Bertz CT molecular complexity index is 877. The van der Waals surface area contributed by atoms with Crippen molar-refractivity contribution in [2.24, 2.45) is 17.8 Å². The van der Waals surface area contributed by atoms with Crippen molar-refractivity contribution in [2.75, 3.05) is 6.54 Å². The maximum absolute atomic E-state index is 14.2. The fraction of sp³-hybridized carbons (Fsp3) is 0.571. The Hall–Kier alpha value is -2.51. The molecule has 8 heteroatoms. The number of rotatable bonds is 5. The number of nitrogens with one attached hydrogen (secondary N) is 2. The fourth-order valence-corrected chi connectivity index (χ4v) is 5.36.